The van der Waals surface area contributed by atoms with Crippen molar-refractivity contribution in [2.45, 2.75) is 39.0 Å². The van der Waals surface area contributed by atoms with Crippen LogP contribution in [0.15, 0.2) is 48.5 Å². The molecular formula is C18H22O. The van der Waals surface area contributed by atoms with Crippen LogP contribution in [0.3, 0.4) is 0 Å². The minimum Gasteiger partial charge on any atom is -0.508 e. The minimum absolute atomic E-state index is 0.152. The molecule has 2 rings (SSSR count). The van der Waals surface area contributed by atoms with Gasteiger partial charge in [-0.05, 0) is 34.6 Å². The number of aromatic hydroxyl groups is 1. The fraction of sp³-hybridized carbons (Fsp3) is 0.333. The van der Waals surface area contributed by atoms with Gasteiger partial charge in [0.15, 0.2) is 0 Å². The van der Waals surface area contributed by atoms with Gasteiger partial charge in [0.05, 0.1) is 0 Å². The first-order valence-electron chi connectivity index (χ1n) is 6.89. The summed E-state index contributed by atoms with van der Waals surface area (Å²) in [7, 11) is 0. The Labute approximate surface area is 115 Å². The largest absolute Gasteiger partial charge is 0.508 e. The van der Waals surface area contributed by atoms with E-state index in [2.05, 4.69) is 39.0 Å². The Bertz CT molecular complexity index is 541. The van der Waals surface area contributed by atoms with Gasteiger partial charge in [-0.1, -0.05) is 63.2 Å². The van der Waals surface area contributed by atoms with Gasteiger partial charge in [0, 0.05) is 6.42 Å². The highest BCUT2D eigenvalue weighted by atomic mass is 16.3. The molecule has 0 amide bonds. The zero-order chi connectivity index (χ0) is 13.9. The van der Waals surface area contributed by atoms with Gasteiger partial charge < -0.3 is 5.11 Å². The minimum atomic E-state index is 0.152. The van der Waals surface area contributed by atoms with Crippen molar-refractivity contribution in [3.63, 3.8) is 0 Å². The Balaban J connectivity index is 2.33. The lowest BCUT2D eigenvalue weighted by atomic mass is 9.81. The summed E-state index contributed by atoms with van der Waals surface area (Å²) in [6.07, 6.45) is 1.86. The Hall–Kier alpha value is -1.76. The summed E-state index contributed by atoms with van der Waals surface area (Å²) in [6.45, 7) is 6.68. The van der Waals surface area contributed by atoms with Gasteiger partial charge in [0.1, 0.15) is 5.75 Å². The van der Waals surface area contributed by atoms with Crippen LogP contribution in [0.2, 0.25) is 0 Å². The predicted octanol–water partition coefficient (Wildman–Crippen LogP) is 4.67. The van der Waals surface area contributed by atoms with Gasteiger partial charge in [-0.3, -0.25) is 0 Å². The van der Waals surface area contributed by atoms with E-state index in [4.69, 9.17) is 0 Å². The fourth-order valence-corrected chi connectivity index (χ4v) is 2.17. The third kappa shape index (κ3) is 3.17. The van der Waals surface area contributed by atoms with Gasteiger partial charge in [-0.25, -0.2) is 0 Å². The van der Waals surface area contributed by atoms with Gasteiger partial charge in [-0.2, -0.15) is 0 Å². The summed E-state index contributed by atoms with van der Waals surface area (Å²) in [6, 6.07) is 16.3. The maximum Gasteiger partial charge on any atom is 0.119 e. The molecule has 0 spiro atoms. The molecule has 0 aromatic heterocycles. The van der Waals surface area contributed by atoms with Crippen LogP contribution in [0.1, 0.15) is 43.9 Å². The first-order chi connectivity index (χ1) is 9.03. The van der Waals surface area contributed by atoms with Crippen LogP contribution in [0.4, 0.5) is 0 Å². The molecule has 19 heavy (non-hydrogen) atoms. The van der Waals surface area contributed by atoms with Crippen molar-refractivity contribution in [3.8, 4) is 5.75 Å². The quantitative estimate of drug-likeness (QED) is 0.840. The van der Waals surface area contributed by atoms with Crippen molar-refractivity contribution in [2.24, 2.45) is 0 Å². The number of rotatable bonds is 4. The molecule has 0 aliphatic carbocycles. The van der Waals surface area contributed by atoms with Crippen molar-refractivity contribution < 1.29 is 5.11 Å². The standard InChI is InChI=1S/C18H22O/c1-4-18(2,3)16-10-11-17(19)15(13-16)12-14-8-6-5-7-9-14/h5-11,13,19H,4,12H2,1-3H3. The lowest BCUT2D eigenvalue weighted by Gasteiger charge is -2.24. The highest BCUT2D eigenvalue weighted by molar-refractivity contribution is 5.41. The molecule has 0 saturated carbocycles. The van der Waals surface area contributed by atoms with Crippen LogP contribution >= 0.6 is 0 Å². The van der Waals surface area contributed by atoms with Gasteiger partial charge in [0.2, 0.25) is 0 Å². The summed E-state index contributed by atoms with van der Waals surface area (Å²) in [5.41, 5.74) is 3.67. The molecular weight excluding hydrogens is 232 g/mol. The van der Waals surface area contributed by atoms with E-state index in [1.165, 1.54) is 11.1 Å². The molecule has 0 heterocycles. The summed E-state index contributed by atoms with van der Waals surface area (Å²) in [5, 5.41) is 10.0. The van der Waals surface area contributed by atoms with Crippen molar-refractivity contribution >= 4 is 0 Å². The second-order valence-corrected chi connectivity index (χ2v) is 5.74. The van der Waals surface area contributed by atoms with Gasteiger partial charge in [-0.15, -0.1) is 0 Å². The highest BCUT2D eigenvalue weighted by Gasteiger charge is 2.19. The SMILES string of the molecule is CCC(C)(C)c1ccc(O)c(Cc2ccccc2)c1. The number of hydrogen-bond acceptors (Lipinski definition) is 1. The summed E-state index contributed by atoms with van der Waals surface area (Å²) in [4.78, 5) is 0. The zero-order valence-electron chi connectivity index (χ0n) is 12.0. The maximum atomic E-state index is 10.0. The zero-order valence-corrected chi connectivity index (χ0v) is 12.0. The summed E-state index contributed by atoms with van der Waals surface area (Å²) >= 11 is 0. The van der Waals surface area contributed by atoms with Crippen LogP contribution in [-0.4, -0.2) is 5.11 Å². The van der Waals surface area contributed by atoms with E-state index in [-0.39, 0.29) is 5.41 Å². The Morgan fingerprint density at radius 1 is 1.00 bits per heavy atom. The Morgan fingerprint density at radius 2 is 1.68 bits per heavy atom. The predicted molar refractivity (Wildman–Crippen MR) is 80.7 cm³/mol. The molecule has 2 aromatic rings. The first-order valence-corrected chi connectivity index (χ1v) is 6.89. The average molecular weight is 254 g/mol. The monoisotopic (exact) mass is 254 g/mol. The van der Waals surface area contributed by atoms with E-state index >= 15 is 0 Å². The molecule has 1 N–H and O–H groups in total. The smallest absolute Gasteiger partial charge is 0.119 e. The molecule has 0 unspecified atom stereocenters. The van der Waals surface area contributed by atoms with E-state index in [1.807, 2.05) is 30.3 Å². The Kier molecular flexibility index (Phi) is 3.94. The highest BCUT2D eigenvalue weighted by Crippen LogP contribution is 2.31. The van der Waals surface area contributed by atoms with Gasteiger partial charge in [0.25, 0.3) is 0 Å². The van der Waals surface area contributed by atoms with Crippen LogP contribution in [0.25, 0.3) is 0 Å². The molecule has 100 valence electrons. The van der Waals surface area contributed by atoms with Crippen LogP contribution in [0.5, 0.6) is 5.75 Å². The van der Waals surface area contributed by atoms with E-state index in [9.17, 15) is 5.11 Å². The third-order valence-corrected chi connectivity index (χ3v) is 3.98. The summed E-state index contributed by atoms with van der Waals surface area (Å²) < 4.78 is 0. The van der Waals surface area contributed by atoms with Crippen molar-refractivity contribution in [1.29, 1.82) is 0 Å². The van der Waals surface area contributed by atoms with Crippen molar-refractivity contribution in [2.75, 3.05) is 0 Å². The van der Waals surface area contributed by atoms with Crippen LogP contribution in [0, 0.1) is 0 Å². The molecule has 0 atom stereocenters. The molecule has 0 bridgehead atoms. The third-order valence-electron chi connectivity index (χ3n) is 3.98. The van der Waals surface area contributed by atoms with Crippen molar-refractivity contribution in [3.05, 3.63) is 65.2 Å². The number of benzene rings is 2. The van der Waals surface area contributed by atoms with Crippen LogP contribution < -0.4 is 0 Å². The Morgan fingerprint density at radius 3 is 2.32 bits per heavy atom. The molecule has 0 aliphatic rings. The molecule has 0 saturated heterocycles. The second kappa shape index (κ2) is 5.48. The van der Waals surface area contributed by atoms with Gasteiger partial charge >= 0.3 is 0 Å². The topological polar surface area (TPSA) is 20.2 Å². The second-order valence-electron chi connectivity index (χ2n) is 5.74. The molecule has 0 radical (unpaired) electrons. The maximum absolute atomic E-state index is 10.0. The summed E-state index contributed by atoms with van der Waals surface area (Å²) in [5.74, 6) is 0.388. The number of phenolic OH excluding ortho intramolecular Hbond substituents is 1. The lowest BCUT2D eigenvalue weighted by Crippen LogP contribution is -2.15. The van der Waals surface area contributed by atoms with E-state index in [0.29, 0.717) is 5.75 Å². The normalized spacial score (nSPS) is 11.5. The first kappa shape index (κ1) is 13.7. The van der Waals surface area contributed by atoms with Crippen molar-refractivity contribution in [1.82, 2.24) is 0 Å². The fourth-order valence-electron chi connectivity index (χ4n) is 2.17. The lowest BCUT2D eigenvalue weighted by molar-refractivity contribution is 0.465. The van der Waals surface area contributed by atoms with E-state index in [1.54, 1.807) is 0 Å². The molecule has 0 fully saturated rings. The molecule has 2 aromatic carbocycles. The number of phenols is 1. The van der Waals surface area contributed by atoms with E-state index < -0.39 is 0 Å². The average Bonchev–Trinajstić information content (AvgIpc) is 2.42. The number of hydrogen-bond donors (Lipinski definition) is 1. The van der Waals surface area contributed by atoms with Crippen LogP contribution in [-0.2, 0) is 11.8 Å². The molecule has 1 heteroatoms. The molecule has 0 aliphatic heterocycles. The van der Waals surface area contributed by atoms with E-state index in [0.717, 1.165) is 18.4 Å². The molecule has 1 nitrogen and oxygen atoms in total.